The van der Waals surface area contributed by atoms with Crippen LogP contribution in [-0.4, -0.2) is 18.7 Å². The van der Waals surface area contributed by atoms with Crippen LogP contribution in [0.3, 0.4) is 0 Å². The molecule has 0 saturated carbocycles. The van der Waals surface area contributed by atoms with Gasteiger partial charge in [-0.3, -0.25) is 0 Å². The second-order valence-electron chi connectivity index (χ2n) is 4.93. The first-order valence-corrected chi connectivity index (χ1v) is 9.30. The molecule has 0 aliphatic carbocycles. The molecule has 0 N–H and O–H groups in total. The highest BCUT2D eigenvalue weighted by molar-refractivity contribution is 8.01. The van der Waals surface area contributed by atoms with Gasteiger partial charge in [-0.1, -0.05) is 30.8 Å². The molecule has 0 aromatic rings. The topological polar surface area (TPSA) is 0 Å². The number of hydrogen-bond donors (Lipinski definition) is 0. The minimum Gasteiger partial charge on any atom is -0.157 e. The summed E-state index contributed by atoms with van der Waals surface area (Å²) < 4.78 is 0. The zero-order valence-electron chi connectivity index (χ0n) is 8.90. The van der Waals surface area contributed by atoms with Crippen LogP contribution in [0.25, 0.3) is 0 Å². The molecule has 70 valence electrons. The Hall–Kier alpha value is 0.307. The van der Waals surface area contributed by atoms with Crippen molar-refractivity contribution in [1.29, 1.82) is 0 Å². The third kappa shape index (κ3) is 2.40. The van der Waals surface area contributed by atoms with Gasteiger partial charge >= 0.3 is 0 Å². The van der Waals surface area contributed by atoms with E-state index in [-0.39, 0.29) is 0 Å². The molecular weight excluding hydrogens is 180 g/mol. The third-order valence-corrected chi connectivity index (χ3v) is 8.61. The molecule has 1 aliphatic heterocycles. The van der Waals surface area contributed by atoms with Gasteiger partial charge in [0.2, 0.25) is 0 Å². The van der Waals surface area contributed by atoms with E-state index >= 15 is 0 Å². The lowest BCUT2D eigenvalue weighted by Gasteiger charge is -2.32. The van der Waals surface area contributed by atoms with E-state index in [0.717, 1.165) is 4.87 Å². The summed E-state index contributed by atoms with van der Waals surface area (Å²) in [6.45, 7) is 12.0. The molecule has 1 aliphatic rings. The van der Waals surface area contributed by atoms with Crippen molar-refractivity contribution in [2.24, 2.45) is 0 Å². The van der Waals surface area contributed by atoms with Crippen molar-refractivity contribution in [2.75, 3.05) is 5.75 Å². The van der Waals surface area contributed by atoms with Gasteiger partial charge < -0.3 is 0 Å². The van der Waals surface area contributed by atoms with Crippen LogP contribution in [0.2, 0.25) is 19.6 Å². The molecule has 0 amide bonds. The summed E-state index contributed by atoms with van der Waals surface area (Å²) in [6, 6.07) is 0. The maximum atomic E-state index is 2.48. The van der Waals surface area contributed by atoms with Gasteiger partial charge in [-0.25, -0.2) is 0 Å². The van der Waals surface area contributed by atoms with Crippen LogP contribution >= 0.6 is 11.8 Å². The largest absolute Gasteiger partial charge is 0.157 e. The highest BCUT2D eigenvalue weighted by Crippen LogP contribution is 2.34. The standard InChI is InChI=1S/C10H20SSi/c1-8-6-10(12(3,4)5)11-7-9(8)2/h10H,6-7H2,1-5H3. The average Bonchev–Trinajstić information content (AvgIpc) is 1.92. The van der Waals surface area contributed by atoms with Gasteiger partial charge in [0, 0.05) is 10.6 Å². The second kappa shape index (κ2) is 3.58. The van der Waals surface area contributed by atoms with Crippen LogP contribution in [0.15, 0.2) is 11.1 Å². The quantitative estimate of drug-likeness (QED) is 0.459. The average molecular weight is 200 g/mol. The monoisotopic (exact) mass is 200 g/mol. The molecule has 0 aromatic heterocycles. The molecule has 2 heteroatoms. The zero-order chi connectivity index (χ0) is 9.35. The minimum absolute atomic E-state index is 0.899. The molecule has 0 spiro atoms. The summed E-state index contributed by atoms with van der Waals surface area (Å²) in [6.07, 6.45) is 1.35. The van der Waals surface area contributed by atoms with Crippen LogP contribution in [0, 0.1) is 0 Å². The fraction of sp³-hybridized carbons (Fsp3) is 0.800. The van der Waals surface area contributed by atoms with Crippen molar-refractivity contribution in [1.82, 2.24) is 0 Å². The maximum absolute atomic E-state index is 2.48. The molecule has 1 heterocycles. The Bertz CT molecular complexity index is 200. The Balaban J connectivity index is 2.67. The molecule has 12 heavy (non-hydrogen) atoms. The lowest BCUT2D eigenvalue weighted by atomic mass is 10.1. The lowest BCUT2D eigenvalue weighted by Crippen LogP contribution is -2.37. The Morgan fingerprint density at radius 2 is 1.75 bits per heavy atom. The Morgan fingerprint density at radius 1 is 1.17 bits per heavy atom. The van der Waals surface area contributed by atoms with Gasteiger partial charge in [0.15, 0.2) is 0 Å². The molecule has 0 fully saturated rings. The van der Waals surface area contributed by atoms with Crippen LogP contribution < -0.4 is 0 Å². The fourth-order valence-electron chi connectivity index (χ4n) is 1.42. The van der Waals surface area contributed by atoms with Crippen LogP contribution in [0.4, 0.5) is 0 Å². The third-order valence-electron chi connectivity index (χ3n) is 2.69. The highest BCUT2D eigenvalue weighted by atomic mass is 32.2. The SMILES string of the molecule is CC1=C(C)CC([Si](C)(C)C)SC1. The van der Waals surface area contributed by atoms with Crippen molar-refractivity contribution in [3.63, 3.8) is 0 Å². The van der Waals surface area contributed by atoms with E-state index < -0.39 is 8.07 Å². The van der Waals surface area contributed by atoms with Crippen LogP contribution in [0.1, 0.15) is 20.3 Å². The molecule has 0 bridgehead atoms. The number of rotatable bonds is 1. The highest BCUT2D eigenvalue weighted by Gasteiger charge is 2.29. The van der Waals surface area contributed by atoms with Crippen molar-refractivity contribution in [2.45, 2.75) is 44.8 Å². The lowest BCUT2D eigenvalue weighted by molar-refractivity contribution is 0.977. The second-order valence-corrected chi connectivity index (χ2v) is 12.0. The minimum atomic E-state index is -0.899. The smallest absolute Gasteiger partial charge is 0.0591 e. The van der Waals surface area contributed by atoms with E-state index in [1.54, 1.807) is 11.1 Å². The van der Waals surface area contributed by atoms with E-state index in [9.17, 15) is 0 Å². The van der Waals surface area contributed by atoms with E-state index in [4.69, 9.17) is 0 Å². The van der Waals surface area contributed by atoms with Gasteiger partial charge in [-0.05, 0) is 20.3 Å². The molecule has 1 unspecified atom stereocenters. The van der Waals surface area contributed by atoms with Gasteiger partial charge in [0.25, 0.3) is 0 Å². The predicted molar refractivity (Wildman–Crippen MR) is 62.6 cm³/mol. The van der Waals surface area contributed by atoms with Crippen LogP contribution in [-0.2, 0) is 0 Å². The summed E-state index contributed by atoms with van der Waals surface area (Å²) in [5.41, 5.74) is 3.27. The Kier molecular flexibility index (Phi) is 3.10. The predicted octanol–water partition coefficient (Wildman–Crippen LogP) is 3.71. The first-order chi connectivity index (χ1) is 5.41. The van der Waals surface area contributed by atoms with Gasteiger partial charge in [0.05, 0.1) is 8.07 Å². The van der Waals surface area contributed by atoms with Crippen molar-refractivity contribution >= 4 is 19.8 Å². The summed E-state index contributed by atoms with van der Waals surface area (Å²) in [5, 5.41) is 0. The summed E-state index contributed by atoms with van der Waals surface area (Å²) in [4.78, 5) is 0.959. The van der Waals surface area contributed by atoms with Gasteiger partial charge in [0.1, 0.15) is 0 Å². The van der Waals surface area contributed by atoms with Crippen LogP contribution in [0.5, 0.6) is 0 Å². The fourth-order valence-corrected chi connectivity index (χ4v) is 5.65. The molecule has 1 rings (SSSR count). The molecule has 0 aromatic carbocycles. The summed E-state index contributed by atoms with van der Waals surface area (Å²) >= 11 is 2.19. The Labute approximate surface area is 81.8 Å². The molecule has 1 atom stereocenters. The number of thioether (sulfide) groups is 1. The Morgan fingerprint density at radius 3 is 2.17 bits per heavy atom. The normalized spacial score (nSPS) is 26.2. The van der Waals surface area contributed by atoms with E-state index in [2.05, 4.69) is 45.3 Å². The summed E-state index contributed by atoms with van der Waals surface area (Å²) in [7, 11) is -0.899. The number of hydrogen-bond acceptors (Lipinski definition) is 1. The van der Waals surface area contributed by atoms with Crippen molar-refractivity contribution in [3.8, 4) is 0 Å². The molecule has 0 saturated heterocycles. The van der Waals surface area contributed by atoms with E-state index in [0.29, 0.717) is 0 Å². The first-order valence-electron chi connectivity index (χ1n) is 4.68. The van der Waals surface area contributed by atoms with Gasteiger partial charge in [-0.2, -0.15) is 11.8 Å². The van der Waals surface area contributed by atoms with Crippen molar-refractivity contribution < 1.29 is 0 Å². The number of allylic oxidation sites excluding steroid dienone is 1. The molecular formula is C10H20SSi. The van der Waals surface area contributed by atoms with E-state index in [1.165, 1.54) is 12.2 Å². The maximum Gasteiger partial charge on any atom is 0.0591 e. The van der Waals surface area contributed by atoms with Crippen molar-refractivity contribution in [3.05, 3.63) is 11.1 Å². The molecule has 0 nitrogen and oxygen atoms in total. The van der Waals surface area contributed by atoms with Gasteiger partial charge in [-0.15, -0.1) is 0 Å². The molecule has 0 radical (unpaired) electrons. The zero-order valence-corrected chi connectivity index (χ0v) is 10.7. The first kappa shape index (κ1) is 10.4. The van der Waals surface area contributed by atoms with E-state index in [1.807, 2.05) is 0 Å². The summed E-state index contributed by atoms with van der Waals surface area (Å²) in [5.74, 6) is 1.28.